The van der Waals surface area contributed by atoms with Gasteiger partial charge < -0.3 is 5.11 Å². The van der Waals surface area contributed by atoms with Gasteiger partial charge in [-0.2, -0.15) is 22.0 Å². The second kappa shape index (κ2) is 5.64. The largest absolute Gasteiger partial charge is 0.464 e. The number of aromatic nitrogens is 1. The molecule has 0 aliphatic carbocycles. The van der Waals surface area contributed by atoms with Gasteiger partial charge in [-0.05, 0) is 18.1 Å². The lowest BCUT2D eigenvalue weighted by molar-refractivity contribution is -0.267. The highest BCUT2D eigenvalue weighted by Crippen LogP contribution is 2.37. The molecule has 9 heteroatoms. The molecular weight excluding hydrogens is 325 g/mol. The lowest BCUT2D eigenvalue weighted by atomic mass is 10.0. The third-order valence-electron chi connectivity index (χ3n) is 3.17. The average Bonchev–Trinajstić information content (AvgIpc) is 2.82. The van der Waals surface area contributed by atoms with Crippen molar-refractivity contribution in [3.63, 3.8) is 0 Å². The summed E-state index contributed by atoms with van der Waals surface area (Å²) in [6, 6.07) is 6.01. The van der Waals surface area contributed by atoms with Crippen LogP contribution in [-0.4, -0.2) is 33.6 Å². The predicted molar refractivity (Wildman–Crippen MR) is 69.4 cm³/mol. The number of carboxylic acid groups (broad SMARTS) is 1. The molecule has 1 aromatic heterocycles. The molecule has 1 N–H and O–H groups in total. The number of hydrogen-bond donors (Lipinski definition) is 1. The highest BCUT2D eigenvalue weighted by atomic mass is 19.4. The van der Waals surface area contributed by atoms with Crippen molar-refractivity contribution < 1.29 is 36.6 Å². The van der Waals surface area contributed by atoms with Crippen LogP contribution in [0.1, 0.15) is 5.56 Å². The van der Waals surface area contributed by atoms with E-state index in [0.717, 1.165) is 10.8 Å². The van der Waals surface area contributed by atoms with Crippen molar-refractivity contribution >= 4 is 22.8 Å². The van der Waals surface area contributed by atoms with E-state index in [-0.39, 0.29) is 17.5 Å². The van der Waals surface area contributed by atoms with E-state index in [9.17, 15) is 31.5 Å². The second-order valence-corrected chi connectivity index (χ2v) is 4.67. The van der Waals surface area contributed by atoms with Gasteiger partial charge in [-0.3, -0.25) is 9.36 Å². The fourth-order valence-corrected chi connectivity index (χ4v) is 2.04. The number of carbonyl (C=O) groups is 2. The van der Waals surface area contributed by atoms with E-state index in [1.165, 1.54) is 18.2 Å². The first kappa shape index (κ1) is 16.9. The second-order valence-electron chi connectivity index (χ2n) is 4.67. The maximum Gasteiger partial charge on any atom is 0.461 e. The predicted octanol–water partition coefficient (Wildman–Crippen LogP) is 3.68. The summed E-state index contributed by atoms with van der Waals surface area (Å²) in [7, 11) is 0. The molecule has 1 radical (unpaired) electrons. The Hall–Kier alpha value is -2.45. The number of nitrogens with zero attached hydrogens (tertiary/aromatic N) is 1. The third kappa shape index (κ3) is 3.03. The maximum atomic E-state index is 12.9. The number of halogens is 5. The average molecular weight is 334 g/mol. The van der Waals surface area contributed by atoms with Gasteiger partial charge in [-0.1, -0.05) is 18.2 Å². The zero-order valence-electron chi connectivity index (χ0n) is 11.3. The summed E-state index contributed by atoms with van der Waals surface area (Å²) in [5, 5.41) is 9.37. The Morgan fingerprint density at radius 1 is 1.13 bits per heavy atom. The molecule has 0 saturated heterocycles. The lowest BCUT2D eigenvalue weighted by Crippen LogP contribution is -2.44. The number of carbonyl (C=O) groups excluding carboxylic acids is 1. The summed E-state index contributed by atoms with van der Waals surface area (Å²) < 4.78 is 62.8. The molecule has 2 aromatic rings. The molecule has 123 valence electrons. The van der Waals surface area contributed by atoms with Crippen LogP contribution in [0.5, 0.6) is 0 Å². The molecule has 0 amide bonds. The van der Waals surface area contributed by atoms with Gasteiger partial charge in [0.15, 0.2) is 0 Å². The SMILES string of the molecule is O=C(O)n1cc(C[CH]C(=O)C(F)(F)C(F)(F)F)c2ccccc21. The fourth-order valence-electron chi connectivity index (χ4n) is 2.04. The van der Waals surface area contributed by atoms with E-state index in [1.54, 1.807) is 6.07 Å². The molecule has 1 heterocycles. The van der Waals surface area contributed by atoms with E-state index in [2.05, 4.69) is 0 Å². The van der Waals surface area contributed by atoms with Crippen molar-refractivity contribution in [1.29, 1.82) is 0 Å². The van der Waals surface area contributed by atoms with E-state index in [1.807, 2.05) is 0 Å². The number of rotatable bonds is 4. The lowest BCUT2D eigenvalue weighted by Gasteiger charge is -2.17. The quantitative estimate of drug-likeness (QED) is 0.868. The summed E-state index contributed by atoms with van der Waals surface area (Å²) in [5.41, 5.74) is 0.382. The Bertz CT molecular complexity index is 763. The molecule has 4 nitrogen and oxygen atoms in total. The Morgan fingerprint density at radius 3 is 2.30 bits per heavy atom. The van der Waals surface area contributed by atoms with Crippen LogP contribution in [0, 0.1) is 6.42 Å². The van der Waals surface area contributed by atoms with Crippen LogP contribution in [0.3, 0.4) is 0 Å². The van der Waals surface area contributed by atoms with Crippen LogP contribution in [0.15, 0.2) is 30.5 Å². The minimum absolute atomic E-state index is 0.148. The van der Waals surface area contributed by atoms with Crippen LogP contribution < -0.4 is 0 Å². The van der Waals surface area contributed by atoms with Crippen molar-refractivity contribution in [2.45, 2.75) is 18.5 Å². The Labute approximate surface area is 126 Å². The van der Waals surface area contributed by atoms with Crippen LogP contribution in [-0.2, 0) is 11.2 Å². The van der Waals surface area contributed by atoms with Gasteiger partial charge in [0.1, 0.15) is 0 Å². The first-order valence-corrected chi connectivity index (χ1v) is 6.20. The molecule has 0 bridgehead atoms. The number of benzene rings is 1. The zero-order chi connectivity index (χ0) is 17.4. The number of alkyl halides is 5. The molecule has 23 heavy (non-hydrogen) atoms. The summed E-state index contributed by atoms with van der Waals surface area (Å²) in [5.74, 6) is -7.85. The number of fused-ring (bicyclic) bond motifs is 1. The molecule has 0 unspecified atom stereocenters. The van der Waals surface area contributed by atoms with Gasteiger partial charge in [0.2, 0.25) is 5.78 Å². The van der Waals surface area contributed by atoms with E-state index >= 15 is 0 Å². The number of Topliss-reactive ketones (excluding diaryl/α,β-unsaturated/α-hetero) is 1. The molecule has 2 rings (SSSR count). The van der Waals surface area contributed by atoms with Gasteiger partial charge in [0, 0.05) is 18.0 Å². The normalized spacial score (nSPS) is 12.6. The minimum Gasteiger partial charge on any atom is -0.464 e. The van der Waals surface area contributed by atoms with Gasteiger partial charge >= 0.3 is 18.2 Å². The topological polar surface area (TPSA) is 59.3 Å². The summed E-state index contributed by atoms with van der Waals surface area (Å²) in [6.07, 6.45) is -6.59. The van der Waals surface area contributed by atoms with Crippen molar-refractivity contribution in [1.82, 2.24) is 4.57 Å². The van der Waals surface area contributed by atoms with Gasteiger partial charge in [-0.25, -0.2) is 4.79 Å². The van der Waals surface area contributed by atoms with Crippen LogP contribution in [0.25, 0.3) is 10.9 Å². The first-order valence-electron chi connectivity index (χ1n) is 6.20. The van der Waals surface area contributed by atoms with E-state index in [0.29, 0.717) is 5.39 Å². The van der Waals surface area contributed by atoms with Crippen LogP contribution in [0.4, 0.5) is 26.7 Å². The van der Waals surface area contributed by atoms with Crippen LogP contribution in [0.2, 0.25) is 0 Å². The minimum atomic E-state index is -5.98. The molecule has 0 atom stereocenters. The van der Waals surface area contributed by atoms with E-state index < -0.39 is 30.4 Å². The van der Waals surface area contributed by atoms with Crippen molar-refractivity contribution in [2.75, 3.05) is 0 Å². The van der Waals surface area contributed by atoms with Crippen molar-refractivity contribution in [3.05, 3.63) is 42.4 Å². The Kier molecular flexibility index (Phi) is 4.14. The standard InChI is InChI=1S/C14H9F5NO3/c15-13(16,14(17,18)19)11(21)6-5-8-7-20(12(22)23)10-4-2-1-3-9(8)10/h1-4,6-7H,5H2,(H,22,23). The molecule has 0 aliphatic rings. The Morgan fingerprint density at radius 2 is 1.74 bits per heavy atom. The van der Waals surface area contributed by atoms with Gasteiger partial charge in [-0.15, -0.1) is 0 Å². The third-order valence-corrected chi connectivity index (χ3v) is 3.17. The highest BCUT2D eigenvalue weighted by Gasteiger charge is 2.62. The molecule has 1 aromatic carbocycles. The molecular formula is C14H9F5NO3. The number of hydrogen-bond acceptors (Lipinski definition) is 2. The summed E-state index contributed by atoms with van der Waals surface area (Å²) in [4.78, 5) is 22.2. The first-order chi connectivity index (χ1) is 10.6. The summed E-state index contributed by atoms with van der Waals surface area (Å²) in [6.45, 7) is 0. The van der Waals surface area contributed by atoms with Crippen molar-refractivity contribution in [3.8, 4) is 0 Å². The monoisotopic (exact) mass is 334 g/mol. The maximum absolute atomic E-state index is 12.9. The molecule has 0 spiro atoms. The Balaban J connectivity index is 2.27. The zero-order valence-corrected chi connectivity index (χ0v) is 11.3. The van der Waals surface area contributed by atoms with Gasteiger partial charge in [0.05, 0.1) is 5.52 Å². The van der Waals surface area contributed by atoms with Gasteiger partial charge in [0.25, 0.3) is 0 Å². The fraction of sp³-hybridized carbons (Fsp3) is 0.214. The van der Waals surface area contributed by atoms with Crippen LogP contribution >= 0.6 is 0 Å². The molecule has 0 aliphatic heterocycles. The number of ketones is 1. The molecule has 0 fully saturated rings. The summed E-state index contributed by atoms with van der Waals surface area (Å²) >= 11 is 0. The smallest absolute Gasteiger partial charge is 0.461 e. The number of para-hydroxylation sites is 1. The molecule has 0 saturated carbocycles. The van der Waals surface area contributed by atoms with Crippen molar-refractivity contribution in [2.24, 2.45) is 0 Å². The highest BCUT2D eigenvalue weighted by molar-refractivity contribution is 5.96. The van der Waals surface area contributed by atoms with E-state index in [4.69, 9.17) is 5.11 Å².